The zero-order valence-electron chi connectivity index (χ0n) is 14.6. The molecule has 0 spiro atoms. The highest BCUT2D eigenvalue weighted by Crippen LogP contribution is 2.19. The van der Waals surface area contributed by atoms with Crippen molar-refractivity contribution in [2.75, 3.05) is 19.6 Å². The summed E-state index contributed by atoms with van der Waals surface area (Å²) >= 11 is 0. The second kappa shape index (κ2) is 8.71. The summed E-state index contributed by atoms with van der Waals surface area (Å²) in [7, 11) is 0. The third-order valence-electron chi connectivity index (χ3n) is 4.67. The number of piperidine rings is 1. The number of likely N-dealkylation sites (tertiary alicyclic amines) is 1. The van der Waals surface area contributed by atoms with Crippen LogP contribution in [-0.4, -0.2) is 51.6 Å². The Balaban J connectivity index is 1.44. The van der Waals surface area contributed by atoms with Gasteiger partial charge >= 0.3 is 11.8 Å². The highest BCUT2D eigenvalue weighted by molar-refractivity contribution is 5.89. The molecular formula is C18H25N5O2. The van der Waals surface area contributed by atoms with Gasteiger partial charge in [0, 0.05) is 37.1 Å². The molecule has 1 aliphatic rings. The molecule has 3 heterocycles. The van der Waals surface area contributed by atoms with Crippen molar-refractivity contribution in [2.24, 2.45) is 0 Å². The normalized spacial score (nSPS) is 18.2. The molecule has 134 valence electrons. The van der Waals surface area contributed by atoms with E-state index < -0.39 is 0 Å². The van der Waals surface area contributed by atoms with Crippen molar-refractivity contribution in [1.29, 1.82) is 0 Å². The fraction of sp³-hybridized carbons (Fsp3) is 0.556. The first-order chi connectivity index (χ1) is 12.3. The number of hydrogen-bond donors (Lipinski definition) is 1. The van der Waals surface area contributed by atoms with Gasteiger partial charge in [-0.15, -0.1) is 0 Å². The average molecular weight is 343 g/mol. The molecule has 25 heavy (non-hydrogen) atoms. The van der Waals surface area contributed by atoms with Crippen LogP contribution in [0.4, 0.5) is 0 Å². The summed E-state index contributed by atoms with van der Waals surface area (Å²) in [4.78, 5) is 22.8. The third kappa shape index (κ3) is 4.63. The van der Waals surface area contributed by atoms with Crippen LogP contribution in [0.25, 0.3) is 11.4 Å². The lowest BCUT2D eigenvalue weighted by atomic mass is 10.00. The maximum Gasteiger partial charge on any atom is 0.316 e. The third-order valence-corrected chi connectivity index (χ3v) is 4.67. The van der Waals surface area contributed by atoms with Gasteiger partial charge in [-0.2, -0.15) is 4.98 Å². The largest absolute Gasteiger partial charge is 0.348 e. The Labute approximate surface area is 147 Å². The predicted molar refractivity (Wildman–Crippen MR) is 94.0 cm³/mol. The van der Waals surface area contributed by atoms with Gasteiger partial charge in [-0.3, -0.25) is 9.78 Å². The van der Waals surface area contributed by atoms with Crippen LogP contribution in [0.1, 0.15) is 49.7 Å². The fourth-order valence-electron chi connectivity index (χ4n) is 3.30. The zero-order chi connectivity index (χ0) is 17.5. The molecule has 0 saturated carbocycles. The molecule has 1 N–H and O–H groups in total. The maximum atomic E-state index is 12.1. The average Bonchev–Trinajstić information content (AvgIpc) is 3.16. The van der Waals surface area contributed by atoms with Gasteiger partial charge in [0.1, 0.15) is 0 Å². The van der Waals surface area contributed by atoms with Crippen LogP contribution in [0.15, 0.2) is 29.0 Å². The summed E-state index contributed by atoms with van der Waals surface area (Å²) in [6.07, 6.45) is 9.33. The predicted octanol–water partition coefficient (Wildman–Crippen LogP) is 2.52. The van der Waals surface area contributed by atoms with Gasteiger partial charge in [0.15, 0.2) is 0 Å². The van der Waals surface area contributed by atoms with Crippen molar-refractivity contribution in [2.45, 2.75) is 45.1 Å². The van der Waals surface area contributed by atoms with Crippen molar-refractivity contribution in [1.82, 2.24) is 25.3 Å². The standard InChI is InChI=1S/C18H25N5O2/c1-2-15-8-3-4-11-23(15)12-6-10-20-17(24)18-21-16(22-25-18)14-7-5-9-19-13-14/h5,7,9,13,15H,2-4,6,8,10-12H2,1H3,(H,20,24). The molecule has 3 rings (SSSR count). The molecule has 0 aromatic carbocycles. The Hall–Kier alpha value is -2.28. The van der Waals surface area contributed by atoms with Gasteiger partial charge in [-0.25, -0.2) is 0 Å². The minimum Gasteiger partial charge on any atom is -0.348 e. The van der Waals surface area contributed by atoms with E-state index in [9.17, 15) is 4.79 Å². The Kier molecular flexibility index (Phi) is 6.11. The number of pyridine rings is 1. The number of nitrogens with one attached hydrogen (secondary N) is 1. The number of hydrogen-bond acceptors (Lipinski definition) is 6. The molecule has 0 radical (unpaired) electrons. The van der Waals surface area contributed by atoms with Crippen molar-refractivity contribution < 1.29 is 9.32 Å². The molecule has 2 aromatic heterocycles. The van der Waals surface area contributed by atoms with E-state index in [1.54, 1.807) is 18.5 Å². The van der Waals surface area contributed by atoms with Crippen LogP contribution in [-0.2, 0) is 0 Å². The van der Waals surface area contributed by atoms with Crippen molar-refractivity contribution in [3.8, 4) is 11.4 Å². The van der Waals surface area contributed by atoms with Gasteiger partial charge in [0.2, 0.25) is 5.82 Å². The number of amides is 1. The molecule has 7 nitrogen and oxygen atoms in total. The van der Waals surface area contributed by atoms with E-state index >= 15 is 0 Å². The van der Waals surface area contributed by atoms with E-state index in [2.05, 4.69) is 32.3 Å². The Morgan fingerprint density at radius 1 is 1.44 bits per heavy atom. The minimum absolute atomic E-state index is 0.0109. The highest BCUT2D eigenvalue weighted by atomic mass is 16.5. The molecule has 1 aliphatic heterocycles. The SMILES string of the molecule is CCC1CCCCN1CCCNC(=O)c1nc(-c2cccnc2)no1. The molecule has 1 unspecified atom stereocenters. The molecule has 1 amide bonds. The van der Waals surface area contributed by atoms with E-state index in [-0.39, 0.29) is 11.8 Å². The zero-order valence-corrected chi connectivity index (χ0v) is 14.6. The second-order valence-corrected chi connectivity index (χ2v) is 6.37. The first kappa shape index (κ1) is 17.5. The van der Waals surface area contributed by atoms with Crippen LogP contribution in [0.5, 0.6) is 0 Å². The van der Waals surface area contributed by atoms with Crippen molar-refractivity contribution in [3.63, 3.8) is 0 Å². The molecule has 1 atom stereocenters. The van der Waals surface area contributed by atoms with Gasteiger partial charge in [0.25, 0.3) is 0 Å². The lowest BCUT2D eigenvalue weighted by molar-refractivity contribution is 0.0904. The lowest BCUT2D eigenvalue weighted by Gasteiger charge is -2.35. The van der Waals surface area contributed by atoms with E-state index in [1.807, 2.05) is 6.07 Å². The number of nitrogens with zero attached hydrogens (tertiary/aromatic N) is 4. The van der Waals surface area contributed by atoms with Crippen LogP contribution >= 0.6 is 0 Å². The molecule has 7 heteroatoms. The Morgan fingerprint density at radius 2 is 2.36 bits per heavy atom. The molecule has 2 aromatic rings. The van der Waals surface area contributed by atoms with Gasteiger partial charge < -0.3 is 14.7 Å². The van der Waals surface area contributed by atoms with Crippen LogP contribution in [0, 0.1) is 0 Å². The second-order valence-electron chi connectivity index (χ2n) is 6.37. The van der Waals surface area contributed by atoms with Crippen molar-refractivity contribution in [3.05, 3.63) is 30.4 Å². The quantitative estimate of drug-likeness (QED) is 0.778. The van der Waals surface area contributed by atoms with E-state index in [1.165, 1.54) is 32.2 Å². The summed E-state index contributed by atoms with van der Waals surface area (Å²) in [5.41, 5.74) is 0.723. The molecule has 1 fully saturated rings. The summed E-state index contributed by atoms with van der Waals surface area (Å²) < 4.78 is 5.05. The summed E-state index contributed by atoms with van der Waals surface area (Å²) in [5.74, 6) is 0.0361. The molecule has 0 aliphatic carbocycles. The van der Waals surface area contributed by atoms with E-state index in [0.29, 0.717) is 18.4 Å². The van der Waals surface area contributed by atoms with E-state index in [0.717, 1.165) is 18.5 Å². The summed E-state index contributed by atoms with van der Waals surface area (Å²) in [6, 6.07) is 4.31. The first-order valence-electron chi connectivity index (χ1n) is 9.04. The monoisotopic (exact) mass is 343 g/mol. The Morgan fingerprint density at radius 3 is 3.16 bits per heavy atom. The van der Waals surface area contributed by atoms with Crippen LogP contribution in [0.2, 0.25) is 0 Å². The number of rotatable bonds is 7. The smallest absolute Gasteiger partial charge is 0.316 e. The first-order valence-corrected chi connectivity index (χ1v) is 9.04. The summed E-state index contributed by atoms with van der Waals surface area (Å²) in [5, 5.41) is 6.69. The Bertz CT molecular complexity index is 673. The summed E-state index contributed by atoms with van der Waals surface area (Å²) in [6.45, 7) is 5.05. The molecular weight excluding hydrogens is 318 g/mol. The van der Waals surface area contributed by atoms with Crippen LogP contribution < -0.4 is 5.32 Å². The molecule has 0 bridgehead atoms. The van der Waals surface area contributed by atoms with Crippen LogP contribution in [0.3, 0.4) is 0 Å². The highest BCUT2D eigenvalue weighted by Gasteiger charge is 2.20. The van der Waals surface area contributed by atoms with E-state index in [4.69, 9.17) is 4.52 Å². The minimum atomic E-state index is -0.326. The number of aromatic nitrogens is 3. The van der Waals surface area contributed by atoms with Gasteiger partial charge in [-0.1, -0.05) is 18.5 Å². The van der Waals surface area contributed by atoms with Gasteiger partial charge in [0.05, 0.1) is 0 Å². The lowest BCUT2D eigenvalue weighted by Crippen LogP contribution is -2.40. The fourth-order valence-corrected chi connectivity index (χ4v) is 3.30. The topological polar surface area (TPSA) is 84.2 Å². The number of carbonyl (C=O) groups excluding carboxylic acids is 1. The van der Waals surface area contributed by atoms with Gasteiger partial charge in [-0.05, 0) is 44.4 Å². The molecule has 1 saturated heterocycles. The van der Waals surface area contributed by atoms with Crippen molar-refractivity contribution >= 4 is 5.91 Å². The maximum absolute atomic E-state index is 12.1. The number of carbonyl (C=O) groups is 1.